The normalized spacial score (nSPS) is 17.3. The van der Waals surface area contributed by atoms with Gasteiger partial charge in [-0.05, 0) is 37.4 Å². The van der Waals surface area contributed by atoms with Gasteiger partial charge in [0.25, 0.3) is 0 Å². The molecule has 0 heterocycles. The predicted molar refractivity (Wildman–Crippen MR) is 103 cm³/mol. The monoisotopic (exact) mass is 363 g/mol. The van der Waals surface area contributed by atoms with E-state index in [0.29, 0.717) is 11.7 Å². The van der Waals surface area contributed by atoms with Crippen molar-refractivity contribution in [3.05, 3.63) is 24.3 Å². The number of hydrogen-bond donors (Lipinski definition) is 1. The number of benzene rings is 1. The fourth-order valence-electron chi connectivity index (χ4n) is 3.55. The Morgan fingerprint density at radius 2 is 1.88 bits per heavy atom. The zero-order chi connectivity index (χ0) is 18.8. The number of likely N-dealkylation sites (N-methyl/N-ethyl adjacent to an activating group) is 1. The zero-order valence-electron chi connectivity index (χ0n) is 16.3. The van der Waals surface area contributed by atoms with Crippen LogP contribution >= 0.6 is 0 Å². The van der Waals surface area contributed by atoms with Gasteiger partial charge in [0.1, 0.15) is 24.1 Å². The van der Waals surface area contributed by atoms with Crippen LogP contribution in [-0.4, -0.2) is 39.4 Å². The number of carbonyl (C=O) groups excluding carboxylic acids is 1. The van der Waals surface area contributed by atoms with Crippen LogP contribution in [0, 0.1) is 11.8 Å². The first-order valence-electron chi connectivity index (χ1n) is 9.74. The van der Waals surface area contributed by atoms with Crippen molar-refractivity contribution in [3.63, 3.8) is 0 Å². The van der Waals surface area contributed by atoms with E-state index < -0.39 is 6.04 Å². The third-order valence-corrected chi connectivity index (χ3v) is 5.35. The lowest BCUT2D eigenvalue weighted by atomic mass is 9.80. The van der Waals surface area contributed by atoms with Gasteiger partial charge in [-0.25, -0.2) is 0 Å². The van der Waals surface area contributed by atoms with Gasteiger partial charge in [-0.1, -0.05) is 45.1 Å². The molecule has 0 aliphatic heterocycles. The molecule has 1 fully saturated rings. The fraction of sp³-hybridized carbons (Fsp3) is 0.667. The Hall–Kier alpha value is -1.75. The molecule has 1 saturated carbocycles. The van der Waals surface area contributed by atoms with Crippen LogP contribution in [0.15, 0.2) is 24.3 Å². The first kappa shape index (κ1) is 20.6. The van der Waals surface area contributed by atoms with Gasteiger partial charge in [0.05, 0.1) is 13.7 Å². The molecule has 2 atom stereocenters. The van der Waals surface area contributed by atoms with Gasteiger partial charge in [0.2, 0.25) is 0 Å². The summed E-state index contributed by atoms with van der Waals surface area (Å²) in [6.07, 6.45) is 7.99. The smallest absolute Gasteiger partial charge is 0.326 e. The van der Waals surface area contributed by atoms with Crippen molar-refractivity contribution < 1.29 is 19.0 Å². The van der Waals surface area contributed by atoms with E-state index in [1.165, 1.54) is 39.2 Å². The molecule has 0 radical (unpaired) electrons. The topological polar surface area (TPSA) is 56.8 Å². The molecule has 1 aromatic rings. The lowest BCUT2D eigenvalue weighted by Gasteiger charge is -2.27. The number of nitrogens with one attached hydrogen (secondary N) is 1. The summed E-state index contributed by atoms with van der Waals surface area (Å²) in [7, 11) is 3.08. The number of rotatable bonds is 10. The number of carbonyl (C=O) groups is 1. The minimum Gasteiger partial charge on any atom is -0.493 e. The van der Waals surface area contributed by atoms with Crippen molar-refractivity contribution in [2.45, 2.75) is 51.5 Å². The van der Waals surface area contributed by atoms with Gasteiger partial charge in [-0.2, -0.15) is 0 Å². The van der Waals surface area contributed by atoms with Crippen molar-refractivity contribution in [3.8, 4) is 11.5 Å². The van der Waals surface area contributed by atoms with Gasteiger partial charge < -0.3 is 19.5 Å². The van der Waals surface area contributed by atoms with E-state index in [-0.39, 0.29) is 12.6 Å². The van der Waals surface area contributed by atoms with Crippen LogP contribution in [0.3, 0.4) is 0 Å². The minimum absolute atomic E-state index is 0.214. The molecule has 1 N–H and O–H groups in total. The van der Waals surface area contributed by atoms with Gasteiger partial charge in [-0.3, -0.25) is 4.79 Å². The van der Waals surface area contributed by atoms with Crippen molar-refractivity contribution >= 4 is 5.97 Å². The first-order valence-corrected chi connectivity index (χ1v) is 9.74. The van der Waals surface area contributed by atoms with E-state index in [4.69, 9.17) is 14.2 Å². The second-order valence-electron chi connectivity index (χ2n) is 7.16. The Kier molecular flexibility index (Phi) is 8.75. The molecule has 1 aromatic carbocycles. The van der Waals surface area contributed by atoms with Crippen LogP contribution in [0.1, 0.15) is 45.4 Å². The highest BCUT2D eigenvalue weighted by atomic mass is 16.5. The van der Waals surface area contributed by atoms with Crippen LogP contribution in [0.4, 0.5) is 0 Å². The molecule has 1 aliphatic carbocycles. The quantitative estimate of drug-likeness (QED) is 0.641. The molecule has 26 heavy (non-hydrogen) atoms. The number of hydrogen-bond acceptors (Lipinski definition) is 5. The summed E-state index contributed by atoms with van der Waals surface area (Å²) in [5.74, 6) is 2.73. The van der Waals surface area contributed by atoms with Crippen LogP contribution in [0.5, 0.6) is 11.5 Å². The largest absolute Gasteiger partial charge is 0.493 e. The van der Waals surface area contributed by atoms with E-state index >= 15 is 0 Å². The molecule has 1 aliphatic rings. The Morgan fingerprint density at radius 3 is 2.54 bits per heavy atom. The van der Waals surface area contributed by atoms with Crippen molar-refractivity contribution in [1.29, 1.82) is 0 Å². The molecule has 5 heteroatoms. The summed E-state index contributed by atoms with van der Waals surface area (Å²) >= 11 is 0. The summed E-state index contributed by atoms with van der Waals surface area (Å²) in [5, 5.41) is 2.88. The summed E-state index contributed by atoms with van der Waals surface area (Å²) in [4.78, 5) is 11.6. The number of ether oxygens (including phenoxy) is 3. The minimum atomic E-state index is -0.485. The lowest BCUT2D eigenvalue weighted by molar-refractivity contribution is -0.143. The van der Waals surface area contributed by atoms with Crippen LogP contribution in [0.25, 0.3) is 0 Å². The molecular formula is C21H33NO4. The molecule has 2 rings (SSSR count). The highest BCUT2D eigenvalue weighted by molar-refractivity contribution is 5.75. The van der Waals surface area contributed by atoms with E-state index in [1.54, 1.807) is 7.05 Å². The molecule has 146 valence electrons. The van der Waals surface area contributed by atoms with Crippen molar-refractivity contribution in [2.75, 3.05) is 27.4 Å². The second-order valence-corrected chi connectivity index (χ2v) is 7.16. The van der Waals surface area contributed by atoms with Gasteiger partial charge in [-0.15, -0.1) is 0 Å². The molecule has 5 nitrogen and oxygen atoms in total. The van der Waals surface area contributed by atoms with Crippen LogP contribution in [-0.2, 0) is 9.53 Å². The molecular weight excluding hydrogens is 330 g/mol. The van der Waals surface area contributed by atoms with Gasteiger partial charge in [0.15, 0.2) is 0 Å². The summed E-state index contributed by atoms with van der Waals surface area (Å²) in [6, 6.07) is 7.09. The average molecular weight is 363 g/mol. The maximum atomic E-state index is 11.6. The number of esters is 1. The highest BCUT2D eigenvalue weighted by Crippen LogP contribution is 2.31. The SMILES string of the molecule is CN[C@@H](COc1cccc(OCCC(C)C2CCCCC2)c1)C(=O)OC. The second kappa shape index (κ2) is 11.1. The van der Waals surface area contributed by atoms with Gasteiger partial charge >= 0.3 is 5.97 Å². The van der Waals surface area contributed by atoms with E-state index in [0.717, 1.165) is 24.7 Å². The number of methoxy groups -OCH3 is 1. The predicted octanol–water partition coefficient (Wildman–Crippen LogP) is 3.81. The zero-order valence-corrected chi connectivity index (χ0v) is 16.3. The standard InChI is InChI=1S/C21H33NO4/c1-16(17-8-5-4-6-9-17)12-13-25-18-10-7-11-19(14-18)26-15-20(22-2)21(23)24-3/h7,10-11,14,16-17,20,22H,4-6,8-9,12-13,15H2,1-3H3/t16?,20-/m0/s1. The Morgan fingerprint density at radius 1 is 1.19 bits per heavy atom. The van der Waals surface area contributed by atoms with Crippen LogP contribution < -0.4 is 14.8 Å². The van der Waals surface area contributed by atoms with E-state index in [1.807, 2.05) is 24.3 Å². The van der Waals surface area contributed by atoms with Crippen molar-refractivity contribution in [2.24, 2.45) is 11.8 Å². The maximum absolute atomic E-state index is 11.6. The Balaban J connectivity index is 1.76. The maximum Gasteiger partial charge on any atom is 0.326 e. The third kappa shape index (κ3) is 6.52. The average Bonchev–Trinajstić information content (AvgIpc) is 2.69. The van der Waals surface area contributed by atoms with Crippen molar-refractivity contribution in [1.82, 2.24) is 5.32 Å². The molecule has 0 saturated heterocycles. The molecule has 0 aromatic heterocycles. The van der Waals surface area contributed by atoms with E-state index in [9.17, 15) is 4.79 Å². The van der Waals surface area contributed by atoms with Gasteiger partial charge in [0, 0.05) is 6.07 Å². The summed E-state index contributed by atoms with van der Waals surface area (Å²) in [6.45, 7) is 3.29. The Labute approximate surface area is 157 Å². The highest BCUT2D eigenvalue weighted by Gasteiger charge is 2.20. The first-order chi connectivity index (χ1) is 12.6. The van der Waals surface area contributed by atoms with Crippen LogP contribution in [0.2, 0.25) is 0 Å². The molecule has 0 bridgehead atoms. The van der Waals surface area contributed by atoms with E-state index in [2.05, 4.69) is 12.2 Å². The molecule has 0 spiro atoms. The third-order valence-electron chi connectivity index (χ3n) is 5.35. The summed E-state index contributed by atoms with van der Waals surface area (Å²) < 4.78 is 16.4. The fourth-order valence-corrected chi connectivity index (χ4v) is 3.55. The molecule has 0 amide bonds. The lowest BCUT2D eigenvalue weighted by Crippen LogP contribution is -2.40. The molecule has 1 unspecified atom stereocenters. The summed E-state index contributed by atoms with van der Waals surface area (Å²) in [5.41, 5.74) is 0. The Bertz CT molecular complexity index is 543.